The van der Waals surface area contributed by atoms with Gasteiger partial charge in [0.05, 0.1) is 15.7 Å². The van der Waals surface area contributed by atoms with Crippen LogP contribution in [0, 0.1) is 0 Å². The van der Waals surface area contributed by atoms with E-state index in [1.54, 1.807) is 6.92 Å². The zero-order valence-electron chi connectivity index (χ0n) is 9.65. The molecule has 0 nitrogen and oxygen atoms in total. The highest BCUT2D eigenvalue weighted by Crippen LogP contribution is 2.29. The predicted octanol–water partition coefficient (Wildman–Crippen LogP) is 3.63. The predicted molar refractivity (Wildman–Crippen MR) is 78.4 cm³/mol. The van der Waals surface area contributed by atoms with Gasteiger partial charge in [-0.3, -0.25) is 0 Å². The number of benzene rings is 2. The lowest BCUT2D eigenvalue weighted by Crippen LogP contribution is -2.21. The van der Waals surface area contributed by atoms with E-state index in [9.17, 15) is 0 Å². The van der Waals surface area contributed by atoms with E-state index < -0.39 is 5.21 Å². The molecule has 0 aliphatic rings. The van der Waals surface area contributed by atoms with Gasteiger partial charge in [-0.25, -0.2) is 0 Å². The molecule has 2 aromatic rings. The average Bonchev–Trinajstić information content (AvgIpc) is 2.29. The maximum absolute atomic E-state index is 5.84. The number of hydrogen-bond acceptors (Lipinski definition) is 0. The van der Waals surface area contributed by atoms with Crippen LogP contribution in [0.4, 0.5) is 0 Å². The van der Waals surface area contributed by atoms with Gasteiger partial charge in [-0.05, 0) is 17.2 Å². The van der Waals surface area contributed by atoms with Crippen LogP contribution in [0.5, 0.6) is 0 Å². The van der Waals surface area contributed by atoms with E-state index in [4.69, 9.17) is 15.7 Å². The summed E-state index contributed by atoms with van der Waals surface area (Å²) in [6, 6.07) is 16.1. The average molecular weight is 281 g/mol. The van der Waals surface area contributed by atoms with E-state index in [2.05, 4.69) is 22.0 Å². The summed E-state index contributed by atoms with van der Waals surface area (Å²) >= 11 is 3.54. The van der Waals surface area contributed by atoms with E-state index in [0.717, 1.165) is 21.2 Å². The highest BCUT2D eigenvalue weighted by molar-refractivity contribution is 9.10. The van der Waals surface area contributed by atoms with Gasteiger partial charge < -0.3 is 0 Å². The Bertz CT molecular complexity index is 512. The molecule has 4 radical (unpaired) electrons. The fraction of sp³-hybridized carbons (Fsp3) is 0.143. The largest absolute Gasteiger partial charge is 0.0782 e. The summed E-state index contributed by atoms with van der Waals surface area (Å²) in [6.45, 7) is 1.79. The fourth-order valence-electron chi connectivity index (χ4n) is 1.70. The zero-order valence-corrected chi connectivity index (χ0v) is 11.2. The highest BCUT2D eigenvalue weighted by Gasteiger charge is 2.12. The summed E-state index contributed by atoms with van der Waals surface area (Å²) in [5, 5.41) is -0.785. The van der Waals surface area contributed by atoms with Crippen molar-refractivity contribution in [1.29, 1.82) is 0 Å². The molecular weight excluding hydrogens is 270 g/mol. The maximum atomic E-state index is 5.84. The van der Waals surface area contributed by atoms with Crippen LogP contribution in [0.25, 0.3) is 11.1 Å². The number of halogens is 1. The van der Waals surface area contributed by atoms with Crippen molar-refractivity contribution in [2.45, 2.75) is 12.1 Å². The lowest BCUT2D eigenvalue weighted by molar-refractivity contribution is 0.973. The Morgan fingerprint density at radius 3 is 2.06 bits per heavy atom. The van der Waals surface area contributed by atoms with Crippen molar-refractivity contribution in [3.63, 3.8) is 0 Å². The third kappa shape index (κ3) is 2.84. The normalized spacial score (nSPS) is 11.4. The highest BCUT2D eigenvalue weighted by atomic mass is 79.9. The molecule has 3 heteroatoms. The fourth-order valence-corrected chi connectivity index (χ4v) is 2.22. The van der Waals surface area contributed by atoms with Gasteiger partial charge >= 0.3 is 0 Å². The third-order valence-corrected chi connectivity index (χ3v) is 3.38. The van der Waals surface area contributed by atoms with Crippen molar-refractivity contribution in [2.75, 3.05) is 0 Å². The van der Waals surface area contributed by atoms with Crippen molar-refractivity contribution in [3.8, 4) is 11.1 Å². The molecule has 2 rings (SSSR count). The van der Waals surface area contributed by atoms with Crippen LogP contribution >= 0.6 is 15.9 Å². The molecule has 2 aromatic carbocycles. The second kappa shape index (κ2) is 4.73. The first-order valence-electron chi connectivity index (χ1n) is 5.42. The molecule has 0 aliphatic heterocycles. The second-order valence-electron chi connectivity index (χ2n) is 4.34. The summed E-state index contributed by atoms with van der Waals surface area (Å²) in [7, 11) is 11.7. The molecule has 0 spiro atoms. The van der Waals surface area contributed by atoms with Gasteiger partial charge in [0.25, 0.3) is 0 Å². The minimum atomic E-state index is -0.785. The standard InChI is InChI=1S/C14H11B2Br/c1-14(15,16)11-8-6-10(7-9-11)12-4-2-3-5-13(12)17/h2-9H,1H3. The van der Waals surface area contributed by atoms with Crippen LogP contribution in [-0.2, 0) is 5.21 Å². The van der Waals surface area contributed by atoms with Crippen LogP contribution in [-0.4, -0.2) is 15.7 Å². The molecule has 0 saturated carbocycles. The maximum Gasteiger partial charge on any atom is 0.0679 e. The van der Waals surface area contributed by atoms with Crippen LogP contribution in [0.3, 0.4) is 0 Å². The van der Waals surface area contributed by atoms with Crippen LogP contribution < -0.4 is 0 Å². The van der Waals surface area contributed by atoms with Gasteiger partial charge in [0.1, 0.15) is 0 Å². The molecule has 0 aromatic heterocycles. The lowest BCUT2D eigenvalue weighted by Gasteiger charge is -2.20. The minimum Gasteiger partial charge on any atom is -0.0782 e. The molecular formula is C14H11B2Br. The first-order chi connectivity index (χ1) is 7.98. The zero-order chi connectivity index (χ0) is 12.5. The Morgan fingerprint density at radius 2 is 1.53 bits per heavy atom. The summed E-state index contributed by atoms with van der Waals surface area (Å²) in [4.78, 5) is 0. The van der Waals surface area contributed by atoms with Gasteiger partial charge in [0.15, 0.2) is 0 Å². The molecule has 0 N–H and O–H groups in total. The van der Waals surface area contributed by atoms with Gasteiger partial charge in [-0.15, -0.1) is 0 Å². The van der Waals surface area contributed by atoms with Gasteiger partial charge in [-0.2, -0.15) is 0 Å². The Hall–Kier alpha value is -0.950. The molecule has 80 valence electrons. The summed E-state index contributed by atoms with van der Waals surface area (Å²) < 4.78 is 1.08. The Balaban J connectivity index is 2.40. The molecule has 0 bridgehead atoms. The van der Waals surface area contributed by atoms with Crippen molar-refractivity contribution in [3.05, 3.63) is 58.6 Å². The Kier molecular flexibility index (Phi) is 3.48. The Morgan fingerprint density at radius 1 is 0.941 bits per heavy atom. The molecule has 0 atom stereocenters. The molecule has 0 saturated heterocycles. The minimum absolute atomic E-state index is 0.785. The Labute approximate surface area is 113 Å². The van der Waals surface area contributed by atoms with Crippen molar-refractivity contribution in [2.24, 2.45) is 0 Å². The third-order valence-electron chi connectivity index (χ3n) is 2.69. The first kappa shape index (κ1) is 12.5. The number of rotatable bonds is 2. The van der Waals surface area contributed by atoms with Gasteiger partial charge in [0.2, 0.25) is 0 Å². The molecule has 0 unspecified atom stereocenters. The number of hydrogen-bond donors (Lipinski definition) is 0. The smallest absolute Gasteiger partial charge is 0.0679 e. The van der Waals surface area contributed by atoms with E-state index in [0.29, 0.717) is 0 Å². The molecule has 17 heavy (non-hydrogen) atoms. The van der Waals surface area contributed by atoms with Crippen LogP contribution in [0.15, 0.2) is 53.0 Å². The van der Waals surface area contributed by atoms with E-state index >= 15 is 0 Å². The summed E-state index contributed by atoms with van der Waals surface area (Å²) in [5.41, 5.74) is 3.23. The van der Waals surface area contributed by atoms with Crippen LogP contribution in [0.1, 0.15) is 12.5 Å². The quantitative estimate of drug-likeness (QED) is 0.737. The molecule has 0 heterocycles. The van der Waals surface area contributed by atoms with E-state index in [1.165, 1.54) is 0 Å². The second-order valence-corrected chi connectivity index (χ2v) is 5.19. The van der Waals surface area contributed by atoms with Crippen molar-refractivity contribution in [1.82, 2.24) is 0 Å². The van der Waals surface area contributed by atoms with Crippen LogP contribution in [0.2, 0.25) is 0 Å². The van der Waals surface area contributed by atoms with Crippen molar-refractivity contribution < 1.29 is 0 Å². The van der Waals surface area contributed by atoms with Gasteiger partial charge in [0, 0.05) is 4.47 Å². The first-order valence-corrected chi connectivity index (χ1v) is 6.21. The SMILES string of the molecule is [B]C([B])(C)c1ccc(-c2ccccc2Br)cc1. The molecule has 0 aliphatic carbocycles. The summed E-state index contributed by atoms with van der Waals surface area (Å²) in [6.07, 6.45) is 0. The molecule has 0 amide bonds. The topological polar surface area (TPSA) is 0 Å². The van der Waals surface area contributed by atoms with Crippen molar-refractivity contribution >= 4 is 31.6 Å². The van der Waals surface area contributed by atoms with E-state index in [1.807, 2.05) is 42.5 Å². The van der Waals surface area contributed by atoms with Gasteiger partial charge in [-0.1, -0.05) is 76.1 Å². The lowest BCUT2D eigenvalue weighted by atomic mass is 9.52. The van der Waals surface area contributed by atoms with E-state index in [-0.39, 0.29) is 0 Å². The molecule has 0 fully saturated rings. The monoisotopic (exact) mass is 280 g/mol. The summed E-state index contributed by atoms with van der Waals surface area (Å²) in [5.74, 6) is 0.